The van der Waals surface area contributed by atoms with Crippen LogP contribution in [0.1, 0.15) is 18.0 Å². The van der Waals surface area contributed by atoms with Crippen molar-refractivity contribution in [3.05, 3.63) is 66.0 Å². The summed E-state index contributed by atoms with van der Waals surface area (Å²) in [4.78, 5) is 12.6. The number of hydrogen-bond donors (Lipinski definition) is 2. The second-order valence-corrected chi connectivity index (χ2v) is 6.02. The first-order valence-corrected chi connectivity index (χ1v) is 8.11. The van der Waals surface area contributed by atoms with Crippen molar-refractivity contribution in [2.45, 2.75) is 17.4 Å². The van der Waals surface area contributed by atoms with Crippen molar-refractivity contribution in [3.8, 4) is 0 Å². The average Bonchev–Trinajstić information content (AvgIpc) is 2.53. The molecule has 0 fully saturated rings. The predicted molar refractivity (Wildman–Crippen MR) is 88.1 cm³/mol. The Balaban J connectivity index is 1.74. The molecule has 0 aliphatic carbocycles. The zero-order valence-corrected chi connectivity index (χ0v) is 13.0. The smallest absolute Gasteiger partial charge is 0.239 e. The number of primary amides is 1. The summed E-state index contributed by atoms with van der Waals surface area (Å²) in [7, 11) is 0. The summed E-state index contributed by atoms with van der Waals surface area (Å²) in [6.07, 6.45) is 0.888. The number of hydrogen-bond acceptors (Lipinski definition) is 3. The van der Waals surface area contributed by atoms with Crippen LogP contribution in [0.3, 0.4) is 0 Å². The number of thioether (sulfide) groups is 1. The van der Waals surface area contributed by atoms with E-state index >= 15 is 0 Å². The number of nitrogens with one attached hydrogen (secondary N) is 1. The molecular formula is C17H19FN2OS. The summed E-state index contributed by atoms with van der Waals surface area (Å²) in [5, 5.41) is 3.18. The lowest BCUT2D eigenvalue weighted by Crippen LogP contribution is -2.34. The van der Waals surface area contributed by atoms with Crippen molar-refractivity contribution >= 4 is 17.7 Å². The molecule has 116 valence electrons. The maximum absolute atomic E-state index is 12.8. The minimum atomic E-state index is -0.461. The standard InChI is InChI=1S/C17H19FN2OS/c18-14-7-9-15(10-8-14)22-12-4-11-20-16(17(19)21)13-5-2-1-3-6-13/h1-3,5-10,16,20H,4,11-12H2,(H2,19,21)/t16-/m0/s1. The Hall–Kier alpha value is -1.85. The number of carbonyl (C=O) groups is 1. The van der Waals surface area contributed by atoms with Gasteiger partial charge in [0.1, 0.15) is 11.9 Å². The molecule has 5 heteroatoms. The fourth-order valence-corrected chi connectivity index (χ4v) is 2.92. The fourth-order valence-electron chi connectivity index (χ4n) is 2.07. The minimum absolute atomic E-state index is 0.224. The van der Waals surface area contributed by atoms with Crippen molar-refractivity contribution in [2.75, 3.05) is 12.3 Å². The van der Waals surface area contributed by atoms with Crippen molar-refractivity contribution in [2.24, 2.45) is 5.73 Å². The Morgan fingerprint density at radius 2 is 1.82 bits per heavy atom. The lowest BCUT2D eigenvalue weighted by Gasteiger charge is -2.15. The number of nitrogens with two attached hydrogens (primary N) is 1. The molecule has 0 saturated carbocycles. The van der Waals surface area contributed by atoms with Crippen LogP contribution in [0.5, 0.6) is 0 Å². The first kappa shape index (κ1) is 16.5. The molecule has 0 heterocycles. The third-order valence-electron chi connectivity index (χ3n) is 3.17. The molecule has 0 spiro atoms. The van der Waals surface area contributed by atoms with Crippen LogP contribution in [0, 0.1) is 5.82 Å². The lowest BCUT2D eigenvalue weighted by molar-refractivity contribution is -0.120. The highest BCUT2D eigenvalue weighted by Gasteiger charge is 2.15. The van der Waals surface area contributed by atoms with Crippen LogP contribution in [0.4, 0.5) is 4.39 Å². The van der Waals surface area contributed by atoms with Crippen LogP contribution in [0.25, 0.3) is 0 Å². The van der Waals surface area contributed by atoms with Gasteiger partial charge in [0.2, 0.25) is 5.91 Å². The highest BCUT2D eigenvalue weighted by molar-refractivity contribution is 7.99. The summed E-state index contributed by atoms with van der Waals surface area (Å²) in [5.41, 5.74) is 6.32. The van der Waals surface area contributed by atoms with Crippen LogP contribution < -0.4 is 11.1 Å². The topological polar surface area (TPSA) is 55.1 Å². The summed E-state index contributed by atoms with van der Waals surface area (Å²) >= 11 is 1.66. The zero-order chi connectivity index (χ0) is 15.8. The van der Waals surface area contributed by atoms with E-state index < -0.39 is 6.04 Å². The van der Waals surface area contributed by atoms with Crippen LogP contribution >= 0.6 is 11.8 Å². The number of benzene rings is 2. The monoisotopic (exact) mass is 318 g/mol. The number of carbonyl (C=O) groups excluding carboxylic acids is 1. The Labute approximate surface area is 134 Å². The van der Waals surface area contributed by atoms with Gasteiger partial charge >= 0.3 is 0 Å². The quantitative estimate of drug-likeness (QED) is 0.581. The second kappa shape index (κ2) is 8.56. The molecule has 0 bridgehead atoms. The first-order chi connectivity index (χ1) is 10.7. The third kappa shape index (κ3) is 5.16. The van der Waals surface area contributed by atoms with Crippen LogP contribution in [-0.2, 0) is 4.79 Å². The van der Waals surface area contributed by atoms with Gasteiger partial charge in [-0.05, 0) is 48.5 Å². The molecule has 0 aliphatic heterocycles. The van der Waals surface area contributed by atoms with E-state index in [4.69, 9.17) is 5.73 Å². The van der Waals surface area contributed by atoms with E-state index in [1.54, 1.807) is 23.9 Å². The summed E-state index contributed by atoms with van der Waals surface area (Å²) in [5.74, 6) is 0.286. The molecule has 3 N–H and O–H groups in total. The van der Waals surface area contributed by atoms with E-state index in [0.717, 1.165) is 22.6 Å². The minimum Gasteiger partial charge on any atom is -0.368 e. The van der Waals surface area contributed by atoms with Crippen molar-refractivity contribution in [1.29, 1.82) is 0 Å². The Morgan fingerprint density at radius 1 is 1.14 bits per heavy atom. The fraction of sp³-hybridized carbons (Fsp3) is 0.235. The van der Waals surface area contributed by atoms with Gasteiger partial charge in [0.05, 0.1) is 0 Å². The average molecular weight is 318 g/mol. The van der Waals surface area contributed by atoms with Gasteiger partial charge in [0.25, 0.3) is 0 Å². The van der Waals surface area contributed by atoms with E-state index in [1.807, 2.05) is 30.3 Å². The molecule has 0 unspecified atom stereocenters. The van der Waals surface area contributed by atoms with E-state index in [0.29, 0.717) is 6.54 Å². The summed E-state index contributed by atoms with van der Waals surface area (Å²) < 4.78 is 12.8. The Morgan fingerprint density at radius 3 is 2.45 bits per heavy atom. The highest BCUT2D eigenvalue weighted by atomic mass is 32.2. The normalized spacial score (nSPS) is 12.0. The maximum atomic E-state index is 12.8. The molecule has 0 radical (unpaired) electrons. The van der Waals surface area contributed by atoms with Crippen molar-refractivity contribution in [1.82, 2.24) is 5.32 Å². The van der Waals surface area contributed by atoms with Crippen LogP contribution in [0.2, 0.25) is 0 Å². The molecule has 0 saturated heterocycles. The highest BCUT2D eigenvalue weighted by Crippen LogP contribution is 2.19. The molecule has 2 rings (SSSR count). The van der Waals surface area contributed by atoms with Gasteiger partial charge in [-0.2, -0.15) is 0 Å². The third-order valence-corrected chi connectivity index (χ3v) is 4.27. The van der Waals surface area contributed by atoms with Gasteiger partial charge in [0, 0.05) is 4.90 Å². The predicted octanol–water partition coefficient (Wildman–Crippen LogP) is 3.12. The molecule has 22 heavy (non-hydrogen) atoms. The van der Waals surface area contributed by atoms with Gasteiger partial charge in [0.15, 0.2) is 0 Å². The molecule has 1 atom stereocenters. The molecule has 2 aromatic rings. The lowest BCUT2D eigenvalue weighted by atomic mass is 10.1. The number of rotatable bonds is 8. The number of amides is 1. The molecular weight excluding hydrogens is 299 g/mol. The second-order valence-electron chi connectivity index (χ2n) is 4.86. The van der Waals surface area contributed by atoms with E-state index in [9.17, 15) is 9.18 Å². The van der Waals surface area contributed by atoms with Crippen molar-refractivity contribution in [3.63, 3.8) is 0 Å². The van der Waals surface area contributed by atoms with E-state index in [1.165, 1.54) is 12.1 Å². The van der Waals surface area contributed by atoms with E-state index in [-0.39, 0.29) is 11.7 Å². The van der Waals surface area contributed by atoms with Gasteiger partial charge in [-0.25, -0.2) is 4.39 Å². The summed E-state index contributed by atoms with van der Waals surface area (Å²) in [6, 6.07) is 15.4. The molecule has 2 aromatic carbocycles. The summed E-state index contributed by atoms with van der Waals surface area (Å²) in [6.45, 7) is 0.691. The first-order valence-electron chi connectivity index (χ1n) is 7.13. The number of halogens is 1. The zero-order valence-electron chi connectivity index (χ0n) is 12.2. The van der Waals surface area contributed by atoms with Crippen LogP contribution in [0.15, 0.2) is 59.5 Å². The molecule has 1 amide bonds. The van der Waals surface area contributed by atoms with Gasteiger partial charge < -0.3 is 11.1 Å². The van der Waals surface area contributed by atoms with Crippen molar-refractivity contribution < 1.29 is 9.18 Å². The SMILES string of the molecule is NC(=O)[C@@H](NCCCSc1ccc(F)cc1)c1ccccc1. The Bertz CT molecular complexity index is 589. The van der Waals surface area contributed by atoms with Crippen LogP contribution in [-0.4, -0.2) is 18.2 Å². The van der Waals surface area contributed by atoms with E-state index in [2.05, 4.69) is 5.32 Å². The molecule has 3 nitrogen and oxygen atoms in total. The van der Waals surface area contributed by atoms with Gasteiger partial charge in [-0.1, -0.05) is 30.3 Å². The largest absolute Gasteiger partial charge is 0.368 e. The molecule has 0 aromatic heterocycles. The van der Waals surface area contributed by atoms with Gasteiger partial charge in [-0.3, -0.25) is 4.79 Å². The molecule has 0 aliphatic rings. The maximum Gasteiger partial charge on any atom is 0.239 e. The van der Waals surface area contributed by atoms with Gasteiger partial charge in [-0.15, -0.1) is 11.8 Å². The Kier molecular flexibility index (Phi) is 6.43.